The molecule has 0 unspecified atom stereocenters. The van der Waals surface area contributed by atoms with Crippen molar-refractivity contribution >= 4 is 52.4 Å². The zero-order valence-corrected chi connectivity index (χ0v) is 15.4. The van der Waals surface area contributed by atoms with Crippen LogP contribution in [0.3, 0.4) is 0 Å². The van der Waals surface area contributed by atoms with Crippen molar-refractivity contribution in [2.24, 2.45) is 0 Å². The number of hydrogen-bond acceptors (Lipinski definition) is 4. The summed E-state index contributed by atoms with van der Waals surface area (Å²) >= 11 is 17.7. The minimum atomic E-state index is -0.771. The standard InChI is InChI=1S/C16H13Cl3N2O4/c1-24-12-6-5-10(18)14(25-2)13(12)15(22)21-16(23)20-8-3-4-9(17)11(19)7-8/h3-7H,1-2H3,(H2,20,21,22,23). The largest absolute Gasteiger partial charge is 0.496 e. The van der Waals surface area contributed by atoms with Crippen LogP contribution in [0.5, 0.6) is 11.5 Å². The van der Waals surface area contributed by atoms with E-state index in [1.165, 1.54) is 38.5 Å². The van der Waals surface area contributed by atoms with Crippen molar-refractivity contribution in [1.82, 2.24) is 5.32 Å². The lowest BCUT2D eigenvalue weighted by atomic mass is 10.1. The summed E-state index contributed by atoms with van der Waals surface area (Å²) in [7, 11) is 2.74. The van der Waals surface area contributed by atoms with Gasteiger partial charge in [0.25, 0.3) is 5.91 Å². The van der Waals surface area contributed by atoms with Gasteiger partial charge in [-0.15, -0.1) is 0 Å². The summed E-state index contributed by atoms with van der Waals surface area (Å²) in [4.78, 5) is 24.5. The highest BCUT2D eigenvalue weighted by Crippen LogP contribution is 2.35. The molecule has 3 amide bonds. The number of amides is 3. The number of ether oxygens (including phenoxy) is 2. The summed E-state index contributed by atoms with van der Waals surface area (Å²) in [5.41, 5.74) is 0.367. The molecule has 0 bridgehead atoms. The SMILES string of the molecule is COc1ccc(Cl)c(OC)c1C(=O)NC(=O)Nc1ccc(Cl)c(Cl)c1. The van der Waals surface area contributed by atoms with E-state index < -0.39 is 11.9 Å². The van der Waals surface area contributed by atoms with Gasteiger partial charge in [-0.25, -0.2) is 4.79 Å². The molecule has 0 radical (unpaired) electrons. The number of hydrogen-bond donors (Lipinski definition) is 2. The van der Waals surface area contributed by atoms with Crippen LogP contribution < -0.4 is 20.1 Å². The molecule has 2 N–H and O–H groups in total. The minimum absolute atomic E-state index is 0.00166. The average molecular weight is 404 g/mol. The Morgan fingerprint density at radius 3 is 2.20 bits per heavy atom. The van der Waals surface area contributed by atoms with Crippen LogP contribution in [0, 0.1) is 0 Å². The maximum absolute atomic E-state index is 12.4. The van der Waals surface area contributed by atoms with Crippen LogP contribution in [0.1, 0.15) is 10.4 Å². The smallest absolute Gasteiger partial charge is 0.326 e. The number of imide groups is 1. The number of urea groups is 1. The molecule has 0 atom stereocenters. The van der Waals surface area contributed by atoms with Gasteiger partial charge < -0.3 is 14.8 Å². The van der Waals surface area contributed by atoms with Gasteiger partial charge in [-0.05, 0) is 30.3 Å². The second-order valence-electron chi connectivity index (χ2n) is 4.70. The molecular weight excluding hydrogens is 391 g/mol. The number of carbonyl (C=O) groups excluding carboxylic acids is 2. The molecule has 0 fully saturated rings. The van der Waals surface area contributed by atoms with E-state index in [2.05, 4.69) is 10.6 Å². The zero-order valence-electron chi connectivity index (χ0n) is 13.2. The Bertz CT molecular complexity index is 827. The van der Waals surface area contributed by atoms with Gasteiger partial charge in [-0.3, -0.25) is 10.1 Å². The van der Waals surface area contributed by atoms with E-state index in [1.54, 1.807) is 6.07 Å². The fourth-order valence-corrected chi connectivity index (χ4v) is 2.56. The molecule has 2 rings (SSSR count). The van der Waals surface area contributed by atoms with Gasteiger partial charge in [0.05, 0.1) is 29.3 Å². The molecular formula is C16H13Cl3N2O4. The van der Waals surface area contributed by atoms with Crippen molar-refractivity contribution in [2.75, 3.05) is 19.5 Å². The predicted octanol–water partition coefficient (Wildman–Crippen LogP) is 4.63. The van der Waals surface area contributed by atoms with Crippen LogP contribution in [0.2, 0.25) is 15.1 Å². The first-order valence-corrected chi connectivity index (χ1v) is 7.98. The van der Waals surface area contributed by atoms with Gasteiger partial charge in [0.2, 0.25) is 0 Å². The Kier molecular flexibility index (Phi) is 6.36. The van der Waals surface area contributed by atoms with E-state index in [0.29, 0.717) is 10.7 Å². The lowest BCUT2D eigenvalue weighted by Gasteiger charge is -2.14. The second-order valence-corrected chi connectivity index (χ2v) is 5.92. The van der Waals surface area contributed by atoms with E-state index in [9.17, 15) is 9.59 Å². The Hall–Kier alpha value is -2.15. The molecule has 0 heterocycles. The van der Waals surface area contributed by atoms with Crippen molar-refractivity contribution in [3.05, 3.63) is 51.0 Å². The van der Waals surface area contributed by atoms with Crippen LogP contribution in [0.4, 0.5) is 10.5 Å². The molecule has 0 aliphatic rings. The Morgan fingerprint density at radius 2 is 1.60 bits per heavy atom. The second kappa shape index (κ2) is 8.29. The predicted molar refractivity (Wildman–Crippen MR) is 97.5 cm³/mol. The number of benzene rings is 2. The zero-order chi connectivity index (χ0) is 18.6. The lowest BCUT2D eigenvalue weighted by Crippen LogP contribution is -2.34. The van der Waals surface area contributed by atoms with Gasteiger partial charge in [-0.2, -0.15) is 0 Å². The Balaban J connectivity index is 2.20. The number of nitrogens with one attached hydrogen (secondary N) is 2. The van der Waals surface area contributed by atoms with Gasteiger partial charge in [0.1, 0.15) is 11.3 Å². The third kappa shape index (κ3) is 4.48. The van der Waals surface area contributed by atoms with Crippen LogP contribution in [-0.2, 0) is 0 Å². The molecule has 0 aromatic heterocycles. The number of methoxy groups -OCH3 is 2. The van der Waals surface area contributed by atoms with E-state index in [4.69, 9.17) is 44.3 Å². The number of anilines is 1. The molecule has 132 valence electrons. The maximum Gasteiger partial charge on any atom is 0.326 e. The van der Waals surface area contributed by atoms with E-state index in [0.717, 1.165) is 0 Å². The summed E-state index contributed by atoms with van der Waals surface area (Å²) < 4.78 is 10.3. The van der Waals surface area contributed by atoms with Gasteiger partial charge in [-0.1, -0.05) is 34.8 Å². The fraction of sp³-hybridized carbons (Fsp3) is 0.125. The van der Waals surface area contributed by atoms with Crippen molar-refractivity contribution in [3.8, 4) is 11.5 Å². The molecule has 9 heteroatoms. The highest BCUT2D eigenvalue weighted by molar-refractivity contribution is 6.42. The Morgan fingerprint density at radius 1 is 0.920 bits per heavy atom. The summed E-state index contributed by atoms with van der Waals surface area (Å²) in [6.45, 7) is 0. The van der Waals surface area contributed by atoms with Crippen LogP contribution >= 0.6 is 34.8 Å². The first-order valence-electron chi connectivity index (χ1n) is 6.85. The third-order valence-electron chi connectivity index (χ3n) is 3.13. The highest BCUT2D eigenvalue weighted by atomic mass is 35.5. The first-order chi connectivity index (χ1) is 11.9. The maximum atomic E-state index is 12.4. The molecule has 2 aromatic carbocycles. The third-order valence-corrected chi connectivity index (χ3v) is 4.16. The molecule has 6 nitrogen and oxygen atoms in total. The molecule has 25 heavy (non-hydrogen) atoms. The van der Waals surface area contributed by atoms with Gasteiger partial charge in [0, 0.05) is 5.69 Å². The van der Waals surface area contributed by atoms with Gasteiger partial charge >= 0.3 is 6.03 Å². The van der Waals surface area contributed by atoms with E-state index in [1.807, 2.05) is 0 Å². The van der Waals surface area contributed by atoms with Crippen molar-refractivity contribution in [2.45, 2.75) is 0 Å². The van der Waals surface area contributed by atoms with E-state index in [-0.39, 0.29) is 27.1 Å². The van der Waals surface area contributed by atoms with E-state index >= 15 is 0 Å². The summed E-state index contributed by atoms with van der Waals surface area (Å²) in [6, 6.07) is 6.76. The topological polar surface area (TPSA) is 76.7 Å². The molecule has 0 spiro atoms. The molecule has 2 aromatic rings. The quantitative estimate of drug-likeness (QED) is 0.780. The first kappa shape index (κ1) is 19.2. The summed E-state index contributed by atoms with van der Waals surface area (Å²) in [5, 5.41) is 5.46. The molecule has 0 aliphatic heterocycles. The van der Waals surface area contributed by atoms with Crippen LogP contribution in [-0.4, -0.2) is 26.2 Å². The normalized spacial score (nSPS) is 10.1. The molecule has 0 aliphatic carbocycles. The highest BCUT2D eigenvalue weighted by Gasteiger charge is 2.22. The van der Waals surface area contributed by atoms with Crippen LogP contribution in [0.15, 0.2) is 30.3 Å². The van der Waals surface area contributed by atoms with Crippen LogP contribution in [0.25, 0.3) is 0 Å². The average Bonchev–Trinajstić information content (AvgIpc) is 2.57. The molecule has 0 saturated carbocycles. The summed E-state index contributed by atoms with van der Waals surface area (Å²) in [5.74, 6) is -0.435. The number of rotatable bonds is 4. The number of carbonyl (C=O) groups is 2. The number of halogens is 3. The molecule has 0 saturated heterocycles. The van der Waals surface area contributed by atoms with Crippen molar-refractivity contribution in [3.63, 3.8) is 0 Å². The van der Waals surface area contributed by atoms with Crippen molar-refractivity contribution < 1.29 is 19.1 Å². The van der Waals surface area contributed by atoms with Gasteiger partial charge in [0.15, 0.2) is 5.75 Å². The Labute approximate surface area is 159 Å². The fourth-order valence-electron chi connectivity index (χ4n) is 2.03. The monoisotopic (exact) mass is 402 g/mol. The summed E-state index contributed by atoms with van der Waals surface area (Å²) in [6.07, 6.45) is 0. The minimum Gasteiger partial charge on any atom is -0.496 e. The van der Waals surface area contributed by atoms with Crippen molar-refractivity contribution in [1.29, 1.82) is 0 Å². The lowest BCUT2D eigenvalue weighted by molar-refractivity contribution is 0.0961.